The number of rotatable bonds is 3. The second-order valence-electron chi connectivity index (χ2n) is 8.01. The molecule has 0 radical (unpaired) electrons. The molecule has 1 atom stereocenters. The summed E-state index contributed by atoms with van der Waals surface area (Å²) in [5.74, 6) is 0.999. The summed E-state index contributed by atoms with van der Waals surface area (Å²) < 4.78 is 7.63. The molecule has 1 saturated heterocycles. The molecule has 1 aromatic carbocycles. The molecule has 4 heterocycles. The number of benzene rings is 1. The van der Waals surface area contributed by atoms with Crippen molar-refractivity contribution in [3.8, 4) is 17.0 Å². The van der Waals surface area contributed by atoms with Gasteiger partial charge in [0.25, 0.3) is 0 Å². The first-order chi connectivity index (χ1) is 14.0. The van der Waals surface area contributed by atoms with E-state index in [1.54, 1.807) is 6.92 Å². The van der Waals surface area contributed by atoms with E-state index in [-0.39, 0.29) is 11.9 Å². The van der Waals surface area contributed by atoms with Crippen molar-refractivity contribution < 1.29 is 9.53 Å². The highest BCUT2D eigenvalue weighted by molar-refractivity contribution is 5.77. The minimum atomic E-state index is 0.0208. The molecule has 150 valence electrons. The van der Waals surface area contributed by atoms with Gasteiger partial charge in [0, 0.05) is 38.0 Å². The number of anilines is 1. The number of hydrogen-bond acceptors (Lipinski definition) is 5. The first-order valence-corrected chi connectivity index (χ1v) is 10.1. The maximum atomic E-state index is 11.4. The number of imidazole rings is 1. The fourth-order valence-electron chi connectivity index (χ4n) is 4.51. The van der Waals surface area contributed by atoms with Crippen molar-refractivity contribution in [1.82, 2.24) is 19.9 Å². The number of aryl methyl sites for hydroxylation is 2. The average molecular weight is 391 g/mol. The number of carbonyl (C=O) groups excluding carboxylic acids is 1. The minimum absolute atomic E-state index is 0.0208. The Kier molecular flexibility index (Phi) is 4.19. The van der Waals surface area contributed by atoms with Crippen LogP contribution in [0.1, 0.15) is 30.3 Å². The minimum Gasteiger partial charge on any atom is -0.493 e. The number of carbonyl (C=O) groups is 1. The van der Waals surface area contributed by atoms with Crippen LogP contribution in [-0.4, -0.2) is 46.2 Å². The van der Waals surface area contributed by atoms with Crippen LogP contribution in [0, 0.1) is 13.8 Å². The summed E-state index contributed by atoms with van der Waals surface area (Å²) in [6.45, 7) is 8.05. The molecule has 1 fully saturated rings. The largest absolute Gasteiger partial charge is 0.493 e. The molecule has 0 unspecified atom stereocenters. The molecule has 29 heavy (non-hydrogen) atoms. The van der Waals surface area contributed by atoms with Gasteiger partial charge in [-0.15, -0.1) is 0 Å². The highest BCUT2D eigenvalue weighted by Crippen LogP contribution is 2.34. The molecule has 1 amide bonds. The summed E-state index contributed by atoms with van der Waals surface area (Å²) in [6.07, 6.45) is 1.87. The third-order valence-corrected chi connectivity index (χ3v) is 5.76. The lowest BCUT2D eigenvalue weighted by molar-refractivity contribution is -0.119. The van der Waals surface area contributed by atoms with E-state index in [1.165, 1.54) is 5.56 Å². The van der Waals surface area contributed by atoms with Crippen LogP contribution in [0.15, 0.2) is 24.3 Å². The highest BCUT2D eigenvalue weighted by Gasteiger charge is 2.27. The number of fused-ring (bicyclic) bond motifs is 2. The van der Waals surface area contributed by atoms with E-state index in [9.17, 15) is 4.79 Å². The molecule has 7 heteroatoms. The predicted molar refractivity (Wildman–Crippen MR) is 112 cm³/mol. The van der Waals surface area contributed by atoms with Crippen molar-refractivity contribution >= 4 is 17.2 Å². The van der Waals surface area contributed by atoms with Crippen LogP contribution >= 0.6 is 0 Å². The van der Waals surface area contributed by atoms with Crippen LogP contribution in [0.2, 0.25) is 0 Å². The van der Waals surface area contributed by atoms with Gasteiger partial charge in [0.05, 0.1) is 29.4 Å². The third kappa shape index (κ3) is 3.10. The van der Waals surface area contributed by atoms with Gasteiger partial charge in [-0.05, 0) is 50.1 Å². The molecule has 1 N–H and O–H groups in total. The molecule has 2 aliphatic heterocycles. The Morgan fingerprint density at radius 2 is 2.14 bits per heavy atom. The van der Waals surface area contributed by atoms with Crippen molar-refractivity contribution in [2.45, 2.75) is 39.7 Å². The average Bonchev–Trinajstić information content (AvgIpc) is 3.38. The highest BCUT2D eigenvalue weighted by atomic mass is 16.5. The van der Waals surface area contributed by atoms with Crippen molar-refractivity contribution in [1.29, 1.82) is 0 Å². The fraction of sp³-hybridized carbons (Fsp3) is 0.409. The number of hydrogen-bond donors (Lipinski definition) is 1. The Morgan fingerprint density at radius 1 is 1.28 bits per heavy atom. The maximum absolute atomic E-state index is 11.4. The van der Waals surface area contributed by atoms with Crippen molar-refractivity contribution in [2.75, 3.05) is 24.6 Å². The van der Waals surface area contributed by atoms with E-state index in [1.807, 2.05) is 24.4 Å². The van der Waals surface area contributed by atoms with Gasteiger partial charge in [0.1, 0.15) is 5.75 Å². The monoisotopic (exact) mass is 391 g/mol. The number of amides is 1. The van der Waals surface area contributed by atoms with E-state index in [0.717, 1.165) is 72.3 Å². The van der Waals surface area contributed by atoms with Crippen LogP contribution in [-0.2, 0) is 11.2 Å². The van der Waals surface area contributed by atoms with Gasteiger partial charge in [-0.1, -0.05) is 0 Å². The van der Waals surface area contributed by atoms with E-state index < -0.39 is 0 Å². The van der Waals surface area contributed by atoms with E-state index in [4.69, 9.17) is 14.8 Å². The van der Waals surface area contributed by atoms with Crippen molar-refractivity contribution in [3.63, 3.8) is 0 Å². The number of aromatic nitrogens is 3. The van der Waals surface area contributed by atoms with Gasteiger partial charge >= 0.3 is 0 Å². The SMILES string of the molecule is CC(=O)N[C@@H]1CCN(c2cc(C)nn3c(-c4ccc5c(c4)CCO5)c(C)nc23)C1. The smallest absolute Gasteiger partial charge is 0.217 e. The molecule has 3 aromatic rings. The molecule has 2 aromatic heterocycles. The Balaban J connectivity index is 1.58. The molecular formula is C22H25N5O2. The Morgan fingerprint density at radius 3 is 2.97 bits per heavy atom. The number of nitrogens with one attached hydrogen (secondary N) is 1. The molecular weight excluding hydrogens is 366 g/mol. The molecule has 7 nitrogen and oxygen atoms in total. The topological polar surface area (TPSA) is 71.8 Å². The third-order valence-electron chi connectivity index (χ3n) is 5.76. The predicted octanol–water partition coefficient (Wildman–Crippen LogP) is 2.66. The first-order valence-electron chi connectivity index (χ1n) is 10.1. The molecule has 0 spiro atoms. The Labute approximate surface area is 169 Å². The van der Waals surface area contributed by atoms with Crippen LogP contribution in [0.5, 0.6) is 5.75 Å². The lowest BCUT2D eigenvalue weighted by Crippen LogP contribution is -2.35. The zero-order valence-electron chi connectivity index (χ0n) is 17.0. The lowest BCUT2D eigenvalue weighted by Gasteiger charge is -2.20. The van der Waals surface area contributed by atoms with Gasteiger partial charge in [-0.3, -0.25) is 4.79 Å². The molecule has 5 rings (SSSR count). The van der Waals surface area contributed by atoms with Gasteiger partial charge < -0.3 is 15.0 Å². The number of nitrogens with zero attached hydrogens (tertiary/aromatic N) is 4. The zero-order chi connectivity index (χ0) is 20.1. The first kappa shape index (κ1) is 18.0. The van der Waals surface area contributed by atoms with Gasteiger partial charge in [-0.2, -0.15) is 5.10 Å². The van der Waals surface area contributed by atoms with Crippen LogP contribution < -0.4 is 15.0 Å². The van der Waals surface area contributed by atoms with Crippen LogP contribution in [0.25, 0.3) is 16.9 Å². The second-order valence-corrected chi connectivity index (χ2v) is 8.01. The standard InChI is InChI=1S/C22H25N5O2/c1-13-10-19(26-8-6-18(12-26)24-15(3)28)22-23-14(2)21(27(22)25-13)17-4-5-20-16(11-17)7-9-29-20/h4-5,10-11,18H,6-9,12H2,1-3H3,(H,24,28)/t18-/m1/s1. The zero-order valence-corrected chi connectivity index (χ0v) is 17.0. The molecule has 0 bridgehead atoms. The van der Waals surface area contributed by atoms with E-state index in [0.29, 0.717) is 0 Å². The fourth-order valence-corrected chi connectivity index (χ4v) is 4.51. The quantitative estimate of drug-likeness (QED) is 0.743. The molecule has 2 aliphatic rings. The van der Waals surface area contributed by atoms with E-state index in [2.05, 4.69) is 28.4 Å². The summed E-state index contributed by atoms with van der Waals surface area (Å²) in [4.78, 5) is 18.6. The Bertz CT molecular complexity index is 1120. The summed E-state index contributed by atoms with van der Waals surface area (Å²) in [5, 5.41) is 7.83. The summed E-state index contributed by atoms with van der Waals surface area (Å²) in [7, 11) is 0. The lowest BCUT2D eigenvalue weighted by atomic mass is 10.1. The van der Waals surface area contributed by atoms with Crippen LogP contribution in [0.4, 0.5) is 5.69 Å². The molecule has 0 aliphatic carbocycles. The number of ether oxygens (including phenoxy) is 1. The van der Waals surface area contributed by atoms with Crippen LogP contribution in [0.3, 0.4) is 0 Å². The normalized spacial score (nSPS) is 18.2. The van der Waals surface area contributed by atoms with Gasteiger partial charge in [0.2, 0.25) is 5.91 Å². The van der Waals surface area contributed by atoms with Gasteiger partial charge in [0.15, 0.2) is 5.65 Å². The van der Waals surface area contributed by atoms with Crippen molar-refractivity contribution in [2.24, 2.45) is 0 Å². The summed E-state index contributed by atoms with van der Waals surface area (Å²) in [6, 6.07) is 8.61. The second kappa shape index (κ2) is 6.76. The molecule has 0 saturated carbocycles. The summed E-state index contributed by atoms with van der Waals surface area (Å²) in [5.41, 5.74) is 7.22. The maximum Gasteiger partial charge on any atom is 0.217 e. The van der Waals surface area contributed by atoms with E-state index >= 15 is 0 Å². The summed E-state index contributed by atoms with van der Waals surface area (Å²) >= 11 is 0. The van der Waals surface area contributed by atoms with Crippen molar-refractivity contribution in [3.05, 3.63) is 41.2 Å². The Hall–Kier alpha value is -3.09. The van der Waals surface area contributed by atoms with Gasteiger partial charge in [-0.25, -0.2) is 9.50 Å².